The van der Waals surface area contributed by atoms with Crippen molar-refractivity contribution in [3.8, 4) is 0 Å². The van der Waals surface area contributed by atoms with E-state index in [2.05, 4.69) is 14.2 Å². The van der Waals surface area contributed by atoms with E-state index in [1.165, 1.54) is 27.6 Å². The highest BCUT2D eigenvalue weighted by Gasteiger charge is 2.37. The van der Waals surface area contributed by atoms with Gasteiger partial charge in [0, 0.05) is 39.2 Å². The number of carbonyl (C=O) groups is 9. The van der Waals surface area contributed by atoms with Gasteiger partial charge in [-0.05, 0) is 173 Å². The number of alkyl halides is 1. The Labute approximate surface area is 628 Å². The van der Waals surface area contributed by atoms with Crippen molar-refractivity contribution in [2.24, 2.45) is 38.9 Å². The Morgan fingerprint density at radius 1 is 0.505 bits per heavy atom. The van der Waals surface area contributed by atoms with Crippen LogP contribution >= 0.6 is 11.6 Å². The van der Waals surface area contributed by atoms with Crippen molar-refractivity contribution in [3.63, 3.8) is 0 Å². The molecule has 101 heavy (non-hydrogen) atoms. The van der Waals surface area contributed by atoms with Crippen LogP contribution in [0, 0.1) is 38.9 Å². The molecule has 0 aromatic heterocycles. The summed E-state index contributed by atoms with van der Waals surface area (Å²) in [7, 11) is 2.82. The van der Waals surface area contributed by atoms with Crippen molar-refractivity contribution < 1.29 is 100.0 Å². The molecule has 0 spiro atoms. The van der Waals surface area contributed by atoms with E-state index in [-0.39, 0.29) is 186 Å². The molecule has 0 radical (unpaired) electrons. The Balaban J connectivity index is -0.0000000664. The van der Waals surface area contributed by atoms with Crippen LogP contribution in [0.15, 0.2) is 0 Å². The van der Waals surface area contributed by atoms with Gasteiger partial charge in [-0.1, -0.05) is 144 Å². The normalized spacial score (nSPS) is 15.8. The van der Waals surface area contributed by atoms with Crippen LogP contribution in [0.2, 0.25) is 0 Å². The average Bonchev–Trinajstić information content (AvgIpc) is 0.859. The molecule has 3 fully saturated rings. The second-order valence-electron chi connectivity index (χ2n) is 26.1. The minimum Gasteiger partial charge on any atom is -0.469 e. The van der Waals surface area contributed by atoms with E-state index in [9.17, 15) is 43.2 Å². The molecule has 1 saturated heterocycles. The number of carbonyl (C=O) groups excluding carboxylic acids is 9. The van der Waals surface area contributed by atoms with Crippen LogP contribution in [0.3, 0.4) is 0 Å². The standard InChI is InChI=1S/C14H24O4.C12H22O5.C12H20O3.C11H20O3.C10H19ClO3.C8H16O3.12CH4/c1-10(12(15)17-4)11(2)13(16)18-14(3)8-6-5-7-9-14;1-6-12(4,5)11(14)17-10(3)16-8-7-15-9(2)13;1-4-12(2,3)11(14)15-10-7-5-6-9(13)8-10;1-4-11(2,3)10(12)14-9-7-5-6-8-13-9;1-5-10(3,4)9(12)14-8(2)13-7-6-11;1-5-8(2,3)7(9)11-6-10-4;;;;;;;;;;;;/h10-11H,5-9H2,1-4H3;10H,6-8H2,1-5H3;10H,4-8H2,1-3H3;9H,4-8H2,1-3H3;8H,5-7H2,1-4H3;5-6H2,1-4H3;12*1H4. The number of esters is 8. The fraction of sp³-hybridized carbons (Fsp3) is 0.886. The topological polar surface area (TPSA) is 264 Å². The van der Waals surface area contributed by atoms with Crippen molar-refractivity contribution in [2.45, 2.75) is 374 Å². The lowest BCUT2D eigenvalue weighted by Gasteiger charge is -2.34. The maximum absolute atomic E-state index is 12.0. The van der Waals surface area contributed by atoms with Gasteiger partial charge in [-0.2, -0.15) is 0 Å². The third kappa shape index (κ3) is 59.5. The SMILES string of the molecule is C.C.C.C.C.C.C.C.C.C.C.C.CCC(C)(C)C(=O)OC(C)OCCCl.CCC(C)(C)C(=O)OC(C)OCCOC(C)=O.CCC(C)(C)C(=O)OC1CCCC(=O)C1.CCC(C)(C)C(=O)OC1CCCCO1.CCC(C)(C)C(=O)OCOC.COC(=O)C(C)C(C)C(=O)OC1(C)CCCCC1. The second-order valence-corrected chi connectivity index (χ2v) is 26.5. The van der Waals surface area contributed by atoms with E-state index in [0.29, 0.717) is 38.4 Å². The number of methoxy groups -OCH3 is 2. The summed E-state index contributed by atoms with van der Waals surface area (Å²) in [6.07, 6.45) is 13.1. The summed E-state index contributed by atoms with van der Waals surface area (Å²) < 4.78 is 60.8. The quantitative estimate of drug-likeness (QED) is 0.0243. The molecule has 6 unspecified atom stereocenters. The third-order valence-corrected chi connectivity index (χ3v) is 16.4. The molecule has 0 aromatic carbocycles. The van der Waals surface area contributed by atoms with Gasteiger partial charge in [-0.15, -0.1) is 11.6 Å². The average molecular weight is 1490 g/mol. The number of ketones is 1. The van der Waals surface area contributed by atoms with Gasteiger partial charge < -0.3 is 56.8 Å². The summed E-state index contributed by atoms with van der Waals surface area (Å²) in [6.45, 7) is 40.0. The first-order valence-electron chi connectivity index (χ1n) is 32.1. The molecule has 0 bridgehead atoms. The largest absolute Gasteiger partial charge is 0.469 e. The third-order valence-electron chi connectivity index (χ3n) is 16.2. The molecule has 0 amide bonds. The summed E-state index contributed by atoms with van der Waals surface area (Å²) >= 11 is 5.43. The maximum Gasteiger partial charge on any atom is 0.313 e. The maximum atomic E-state index is 12.0. The number of hydrogen-bond donors (Lipinski definition) is 0. The molecule has 2 aliphatic carbocycles. The molecule has 0 aromatic rings. The highest BCUT2D eigenvalue weighted by Crippen LogP contribution is 2.33. The lowest BCUT2D eigenvalue weighted by Crippen LogP contribution is -2.38. The lowest BCUT2D eigenvalue weighted by atomic mass is 9.86. The van der Waals surface area contributed by atoms with Crippen LogP contribution in [0.1, 0.15) is 344 Å². The number of hydrogen-bond acceptors (Lipinski definition) is 21. The summed E-state index contributed by atoms with van der Waals surface area (Å²) in [5.74, 6) is -2.38. The van der Waals surface area contributed by atoms with Gasteiger partial charge in [0.15, 0.2) is 19.4 Å². The highest BCUT2D eigenvalue weighted by atomic mass is 35.5. The van der Waals surface area contributed by atoms with Gasteiger partial charge in [0.2, 0.25) is 6.29 Å². The van der Waals surface area contributed by atoms with E-state index in [1.54, 1.807) is 27.7 Å². The van der Waals surface area contributed by atoms with Crippen molar-refractivity contribution in [3.05, 3.63) is 0 Å². The Kier molecular flexibility index (Phi) is 90.1. The molecule has 6 atom stereocenters. The zero-order chi connectivity index (χ0) is 69.4. The first-order chi connectivity index (χ1) is 41.2. The molecule has 618 valence electrons. The fourth-order valence-electron chi connectivity index (χ4n) is 7.14. The van der Waals surface area contributed by atoms with Crippen LogP contribution < -0.4 is 0 Å². The van der Waals surface area contributed by atoms with Gasteiger partial charge >= 0.3 is 47.8 Å². The van der Waals surface area contributed by atoms with Crippen LogP contribution in [0.5, 0.6) is 0 Å². The zero-order valence-corrected chi connectivity index (χ0v) is 59.9. The molecule has 3 aliphatic rings. The first-order valence-corrected chi connectivity index (χ1v) is 32.6. The first kappa shape index (κ1) is 133. The van der Waals surface area contributed by atoms with E-state index < -0.39 is 46.1 Å². The Hall–Kier alpha value is -4.44. The highest BCUT2D eigenvalue weighted by molar-refractivity contribution is 6.18. The van der Waals surface area contributed by atoms with Crippen LogP contribution in [-0.4, -0.2) is 137 Å². The van der Waals surface area contributed by atoms with E-state index >= 15 is 0 Å². The molecule has 1 heterocycles. The van der Waals surface area contributed by atoms with Gasteiger partial charge in [-0.3, -0.25) is 43.2 Å². The Morgan fingerprint density at radius 3 is 1.27 bits per heavy atom. The molecule has 21 nitrogen and oxygen atoms in total. The molecular weight excluding hydrogens is 1320 g/mol. The lowest BCUT2D eigenvalue weighted by molar-refractivity contribution is -0.196. The van der Waals surface area contributed by atoms with Gasteiger partial charge in [-0.25, -0.2) is 0 Å². The van der Waals surface area contributed by atoms with E-state index in [4.69, 9.17) is 54.2 Å². The predicted octanol–water partition coefficient (Wildman–Crippen LogP) is 21.3. The Bertz CT molecular complexity index is 2060. The minimum absolute atomic E-state index is 0. The Morgan fingerprint density at radius 2 is 0.901 bits per heavy atom. The van der Waals surface area contributed by atoms with Crippen LogP contribution in [0.25, 0.3) is 0 Å². The summed E-state index contributed by atoms with van der Waals surface area (Å²) in [5, 5.41) is 0. The minimum atomic E-state index is -0.635. The number of rotatable bonds is 27. The number of ether oxygens (including phenoxy) is 12. The van der Waals surface area contributed by atoms with Crippen LogP contribution in [0.4, 0.5) is 0 Å². The van der Waals surface area contributed by atoms with E-state index in [1.807, 2.05) is 111 Å². The van der Waals surface area contributed by atoms with Crippen LogP contribution in [-0.2, 0) is 100.0 Å². The molecule has 1 aliphatic heterocycles. The zero-order valence-electron chi connectivity index (χ0n) is 59.2. The monoisotopic (exact) mass is 1490 g/mol. The predicted molar refractivity (Wildman–Crippen MR) is 420 cm³/mol. The number of halogens is 1. The van der Waals surface area contributed by atoms with Gasteiger partial charge in [0.25, 0.3) is 0 Å². The van der Waals surface area contributed by atoms with Crippen molar-refractivity contribution in [1.82, 2.24) is 0 Å². The van der Waals surface area contributed by atoms with Gasteiger partial charge in [0.05, 0.1) is 65.8 Å². The fourth-order valence-corrected chi connectivity index (χ4v) is 7.23. The molecule has 3 rings (SSSR count). The molecule has 22 heteroatoms. The van der Waals surface area contributed by atoms with Crippen molar-refractivity contribution in [2.75, 3.05) is 53.3 Å². The summed E-state index contributed by atoms with van der Waals surface area (Å²) in [4.78, 5) is 103. The molecule has 0 N–H and O–H groups in total. The second kappa shape index (κ2) is 68.7. The molecular formula is C79H169ClO21. The smallest absolute Gasteiger partial charge is 0.313 e. The molecule has 2 saturated carbocycles. The van der Waals surface area contributed by atoms with E-state index in [0.717, 1.165) is 83.5 Å². The van der Waals surface area contributed by atoms with Crippen molar-refractivity contribution in [1.29, 1.82) is 0 Å². The summed E-state index contributed by atoms with van der Waals surface area (Å²) in [6, 6.07) is 0. The van der Waals surface area contributed by atoms with Crippen molar-refractivity contribution >= 4 is 65.1 Å². The number of Topliss-reactive ketones (excluding diaryl/α,β-unsaturated/α-hetero) is 1. The summed E-state index contributed by atoms with van der Waals surface area (Å²) in [5.41, 5.74) is -2.51. The van der Waals surface area contributed by atoms with Gasteiger partial charge in [0.1, 0.15) is 24.1 Å².